The van der Waals surface area contributed by atoms with E-state index < -0.39 is 10.0 Å². The molecule has 1 fully saturated rings. The maximum absolute atomic E-state index is 13.8. The number of likely N-dealkylation sites (N-methyl/N-ethyl adjacent to an activating group) is 1. The minimum atomic E-state index is -3.83. The summed E-state index contributed by atoms with van der Waals surface area (Å²) in [6, 6.07) is 15.9. The van der Waals surface area contributed by atoms with Crippen LogP contribution in [0.4, 0.5) is 0 Å². The average molecular weight is 600 g/mol. The number of hydrogen-bond donors (Lipinski definition) is 1. The molecule has 0 radical (unpaired) electrons. The van der Waals surface area contributed by atoms with Gasteiger partial charge in [-0.15, -0.1) is 11.3 Å². The van der Waals surface area contributed by atoms with Crippen molar-refractivity contribution in [3.63, 3.8) is 0 Å². The number of amides is 1. The summed E-state index contributed by atoms with van der Waals surface area (Å²) in [5.41, 5.74) is 1.69. The Balaban J connectivity index is 1.24. The molecular weight excluding hydrogens is 570 g/mol. The van der Waals surface area contributed by atoms with Crippen LogP contribution in [0, 0.1) is 0 Å². The van der Waals surface area contributed by atoms with E-state index in [0.717, 1.165) is 41.2 Å². The number of nitrogens with zero attached hydrogens (tertiary/aromatic N) is 4. The minimum Gasteiger partial charge on any atom is -0.494 e. The van der Waals surface area contributed by atoms with Crippen molar-refractivity contribution in [2.75, 3.05) is 39.8 Å². The van der Waals surface area contributed by atoms with Gasteiger partial charge in [0.1, 0.15) is 10.8 Å². The highest BCUT2D eigenvalue weighted by Gasteiger charge is 2.38. The zero-order valence-corrected chi connectivity index (χ0v) is 24.4. The van der Waals surface area contributed by atoms with E-state index in [1.165, 1.54) is 15.6 Å². The lowest BCUT2D eigenvalue weighted by Gasteiger charge is -2.40. The van der Waals surface area contributed by atoms with Gasteiger partial charge >= 0.3 is 0 Å². The molecule has 9 nitrogen and oxygen atoms in total. The number of rotatable bonds is 7. The van der Waals surface area contributed by atoms with Gasteiger partial charge < -0.3 is 19.5 Å². The van der Waals surface area contributed by atoms with E-state index >= 15 is 0 Å². The van der Waals surface area contributed by atoms with Gasteiger partial charge in [0.15, 0.2) is 5.01 Å². The number of carbonyl (C=O) groups excluding carboxylic acids is 1. The average Bonchev–Trinajstić information content (AvgIpc) is 3.57. The number of nitrogens with one attached hydrogen (secondary N) is 1. The summed E-state index contributed by atoms with van der Waals surface area (Å²) in [7, 11) is -1.77. The van der Waals surface area contributed by atoms with E-state index in [9.17, 15) is 13.2 Å². The van der Waals surface area contributed by atoms with Gasteiger partial charge in [0.05, 0.1) is 12.3 Å². The van der Waals surface area contributed by atoms with Gasteiger partial charge in [0, 0.05) is 72.4 Å². The maximum atomic E-state index is 13.8. The monoisotopic (exact) mass is 599 g/mol. The molecule has 0 bridgehead atoms. The predicted molar refractivity (Wildman–Crippen MR) is 156 cm³/mol. The van der Waals surface area contributed by atoms with Crippen LogP contribution in [0.2, 0.25) is 5.02 Å². The van der Waals surface area contributed by atoms with Gasteiger partial charge in [-0.1, -0.05) is 29.8 Å². The fraction of sp³-hybridized carbons (Fsp3) is 0.357. The number of benzene rings is 2. The standard InChI is InChI=1S/C28H30ClN5O4S2/c1-32-11-9-24-25(18-32)39-27(31-24)28(35)34-13-12-33(17-21(34)10-14-38-22-5-3-2-4-6-22)40(36,37)26-16-19-15-20(29)7-8-23(19)30-26/h2-8,15-16,21,30H,9-14,17-18H2,1H3. The lowest BCUT2D eigenvalue weighted by atomic mass is 10.1. The van der Waals surface area contributed by atoms with Crippen LogP contribution in [-0.2, 0) is 23.0 Å². The largest absolute Gasteiger partial charge is 0.494 e. The first-order chi connectivity index (χ1) is 19.3. The summed E-state index contributed by atoms with van der Waals surface area (Å²) in [5, 5.41) is 1.85. The second kappa shape index (κ2) is 11.1. The molecule has 4 aromatic rings. The molecule has 0 aliphatic carbocycles. The van der Waals surface area contributed by atoms with Gasteiger partial charge in [0.2, 0.25) is 0 Å². The first-order valence-electron chi connectivity index (χ1n) is 13.2. The lowest BCUT2D eigenvalue weighted by molar-refractivity contribution is 0.0526. The third-order valence-electron chi connectivity index (χ3n) is 7.45. The second-order valence-corrected chi connectivity index (χ2v) is 13.6. The lowest BCUT2D eigenvalue weighted by Crippen LogP contribution is -2.56. The Kier molecular flexibility index (Phi) is 7.58. The van der Waals surface area contributed by atoms with Gasteiger partial charge in [-0.25, -0.2) is 13.4 Å². The van der Waals surface area contributed by atoms with Crippen molar-refractivity contribution in [3.05, 3.63) is 75.2 Å². The molecule has 1 atom stereocenters. The Morgan fingerprint density at radius 1 is 1.15 bits per heavy atom. The molecule has 12 heteroatoms. The zero-order chi connectivity index (χ0) is 27.9. The highest BCUT2D eigenvalue weighted by Crippen LogP contribution is 2.29. The summed E-state index contributed by atoms with van der Waals surface area (Å²) < 4.78 is 34.8. The minimum absolute atomic E-state index is 0.112. The number of halogens is 1. The van der Waals surface area contributed by atoms with Gasteiger partial charge in [0.25, 0.3) is 15.9 Å². The molecule has 4 heterocycles. The highest BCUT2D eigenvalue weighted by atomic mass is 35.5. The Hall–Kier alpha value is -2.96. The zero-order valence-electron chi connectivity index (χ0n) is 22.0. The van der Waals surface area contributed by atoms with Crippen molar-refractivity contribution in [3.8, 4) is 5.75 Å². The SMILES string of the molecule is CN1CCc2nc(C(=O)N3CCN(S(=O)(=O)c4cc5cc(Cl)ccc5[nH]4)CC3CCOc3ccccc3)sc2C1. The van der Waals surface area contributed by atoms with E-state index in [0.29, 0.717) is 28.6 Å². The number of ether oxygens (including phenoxy) is 1. The molecule has 2 aromatic carbocycles. The summed E-state index contributed by atoms with van der Waals surface area (Å²) in [6.07, 6.45) is 1.30. The number of hydrogen-bond acceptors (Lipinski definition) is 7. The summed E-state index contributed by atoms with van der Waals surface area (Å²) in [5.74, 6) is 0.582. The van der Waals surface area contributed by atoms with E-state index in [1.54, 1.807) is 29.2 Å². The van der Waals surface area contributed by atoms with E-state index in [1.807, 2.05) is 30.3 Å². The van der Waals surface area contributed by atoms with Crippen molar-refractivity contribution in [2.45, 2.75) is 30.5 Å². The fourth-order valence-electron chi connectivity index (χ4n) is 5.28. The number of H-pyrrole nitrogens is 1. The molecule has 1 unspecified atom stereocenters. The molecule has 6 rings (SSSR count). The highest BCUT2D eigenvalue weighted by molar-refractivity contribution is 7.89. The number of carbonyl (C=O) groups is 1. The first kappa shape index (κ1) is 27.2. The van der Waals surface area contributed by atoms with Crippen LogP contribution in [0.25, 0.3) is 10.9 Å². The van der Waals surface area contributed by atoms with Crippen LogP contribution >= 0.6 is 22.9 Å². The van der Waals surface area contributed by atoms with Crippen LogP contribution in [-0.4, -0.2) is 84.3 Å². The van der Waals surface area contributed by atoms with Crippen molar-refractivity contribution in [1.29, 1.82) is 0 Å². The number of sulfonamides is 1. The van der Waals surface area contributed by atoms with Gasteiger partial charge in [-0.2, -0.15) is 4.31 Å². The maximum Gasteiger partial charge on any atom is 0.283 e. The second-order valence-electron chi connectivity index (χ2n) is 10.2. The third-order valence-corrected chi connectivity index (χ3v) is 10.5. The number of piperazine rings is 1. The molecular formula is C28H30ClN5O4S2. The van der Waals surface area contributed by atoms with Crippen molar-refractivity contribution in [1.82, 2.24) is 24.1 Å². The van der Waals surface area contributed by atoms with Gasteiger partial charge in [-0.05, 0) is 43.4 Å². The molecule has 2 aliphatic rings. The van der Waals surface area contributed by atoms with Crippen LogP contribution in [0.1, 0.15) is 26.8 Å². The van der Waals surface area contributed by atoms with E-state index in [4.69, 9.17) is 21.3 Å². The quantitative estimate of drug-likeness (QED) is 0.341. The number of thiazole rings is 1. The molecule has 0 saturated carbocycles. The number of para-hydroxylation sites is 1. The number of aromatic nitrogens is 2. The molecule has 1 N–H and O–H groups in total. The van der Waals surface area contributed by atoms with Crippen molar-refractivity contribution < 1.29 is 17.9 Å². The summed E-state index contributed by atoms with van der Waals surface area (Å²) in [4.78, 5) is 26.6. The fourth-order valence-corrected chi connectivity index (χ4v) is 8.09. The van der Waals surface area contributed by atoms with E-state index in [-0.39, 0.29) is 36.6 Å². The summed E-state index contributed by atoms with van der Waals surface area (Å²) >= 11 is 7.56. The van der Waals surface area contributed by atoms with Gasteiger partial charge in [-0.3, -0.25) is 4.79 Å². The Labute approximate surface area is 242 Å². The Morgan fingerprint density at radius 3 is 2.80 bits per heavy atom. The topological polar surface area (TPSA) is 98.8 Å². The molecule has 40 heavy (non-hydrogen) atoms. The molecule has 1 amide bonds. The van der Waals surface area contributed by atoms with Crippen molar-refractivity contribution in [2.24, 2.45) is 0 Å². The molecule has 1 saturated heterocycles. The van der Waals surface area contributed by atoms with Crippen LogP contribution in [0.3, 0.4) is 0 Å². The van der Waals surface area contributed by atoms with Crippen LogP contribution in [0.5, 0.6) is 5.75 Å². The molecule has 2 aliphatic heterocycles. The smallest absolute Gasteiger partial charge is 0.283 e. The van der Waals surface area contributed by atoms with E-state index in [2.05, 4.69) is 16.9 Å². The summed E-state index contributed by atoms with van der Waals surface area (Å²) in [6.45, 7) is 2.67. The third kappa shape index (κ3) is 5.48. The molecule has 0 spiro atoms. The predicted octanol–water partition coefficient (Wildman–Crippen LogP) is 4.25. The molecule has 2 aromatic heterocycles. The molecule has 210 valence electrons. The number of fused-ring (bicyclic) bond motifs is 2. The van der Waals surface area contributed by atoms with Crippen molar-refractivity contribution >= 4 is 49.8 Å². The normalized spacial score (nSPS) is 18.6. The Morgan fingerprint density at radius 2 is 1.98 bits per heavy atom. The Bertz CT molecular complexity index is 1640. The van der Waals surface area contributed by atoms with Crippen LogP contribution in [0.15, 0.2) is 59.6 Å². The number of aromatic amines is 1. The first-order valence-corrected chi connectivity index (χ1v) is 15.9. The van der Waals surface area contributed by atoms with Crippen LogP contribution < -0.4 is 4.74 Å².